The van der Waals surface area contributed by atoms with Crippen molar-refractivity contribution in [3.63, 3.8) is 0 Å². The molecule has 1 aromatic heterocycles. The molecule has 0 radical (unpaired) electrons. The van der Waals surface area contributed by atoms with Gasteiger partial charge in [-0.05, 0) is 43.5 Å². The Balaban J connectivity index is 1.32. The number of para-hydroxylation sites is 2. The highest BCUT2D eigenvalue weighted by molar-refractivity contribution is 5.82. The van der Waals surface area contributed by atoms with Gasteiger partial charge in [-0.1, -0.05) is 30.3 Å². The third kappa shape index (κ3) is 4.71. The second-order valence-corrected chi connectivity index (χ2v) is 8.03. The van der Waals surface area contributed by atoms with Gasteiger partial charge >= 0.3 is 0 Å². The highest BCUT2D eigenvalue weighted by Crippen LogP contribution is 2.20. The number of fused-ring (bicyclic) bond motifs is 1. The first-order valence-corrected chi connectivity index (χ1v) is 10.7. The van der Waals surface area contributed by atoms with Crippen LogP contribution in [-0.4, -0.2) is 46.0 Å². The van der Waals surface area contributed by atoms with Crippen LogP contribution < -0.4 is 10.1 Å². The maximum atomic E-state index is 12.8. The predicted molar refractivity (Wildman–Crippen MR) is 119 cm³/mol. The number of aromatic nitrogens is 2. The zero-order valence-electron chi connectivity index (χ0n) is 18.0. The van der Waals surface area contributed by atoms with Crippen LogP contribution in [-0.2, 0) is 23.2 Å². The van der Waals surface area contributed by atoms with E-state index in [9.17, 15) is 9.59 Å². The summed E-state index contributed by atoms with van der Waals surface area (Å²) in [6.07, 6.45) is 1.58. The van der Waals surface area contributed by atoms with Gasteiger partial charge in [0.05, 0.1) is 23.5 Å². The van der Waals surface area contributed by atoms with E-state index in [0.717, 1.165) is 35.3 Å². The third-order valence-electron chi connectivity index (χ3n) is 5.86. The van der Waals surface area contributed by atoms with E-state index in [-0.39, 0.29) is 24.3 Å². The van der Waals surface area contributed by atoms with Gasteiger partial charge in [-0.15, -0.1) is 0 Å². The van der Waals surface area contributed by atoms with E-state index in [1.165, 1.54) is 0 Å². The summed E-state index contributed by atoms with van der Waals surface area (Å²) >= 11 is 0. The van der Waals surface area contributed by atoms with Crippen LogP contribution in [0.15, 0.2) is 48.5 Å². The smallest absolute Gasteiger partial charge is 0.260 e. The Morgan fingerprint density at radius 1 is 1.16 bits per heavy atom. The van der Waals surface area contributed by atoms with Crippen molar-refractivity contribution in [3.05, 3.63) is 59.9 Å². The number of hydrogen-bond acceptors (Lipinski definition) is 4. The van der Waals surface area contributed by atoms with Crippen molar-refractivity contribution in [1.29, 1.82) is 0 Å². The Labute approximate surface area is 182 Å². The largest absolute Gasteiger partial charge is 0.484 e. The summed E-state index contributed by atoms with van der Waals surface area (Å²) in [6, 6.07) is 15.3. The number of aryl methyl sites for hydroxylation is 2. The van der Waals surface area contributed by atoms with Gasteiger partial charge in [0.25, 0.3) is 5.91 Å². The topological polar surface area (TPSA) is 76.5 Å². The normalized spacial score (nSPS) is 16.3. The molecule has 0 saturated carbocycles. The van der Waals surface area contributed by atoms with Crippen LogP contribution in [0.2, 0.25) is 0 Å². The van der Waals surface area contributed by atoms with E-state index in [1.807, 2.05) is 54.1 Å². The molecule has 0 aliphatic carbocycles. The molecule has 1 aliphatic heterocycles. The van der Waals surface area contributed by atoms with Crippen LogP contribution in [0, 0.1) is 12.8 Å². The Morgan fingerprint density at radius 2 is 1.97 bits per heavy atom. The monoisotopic (exact) mass is 420 g/mol. The Kier molecular flexibility index (Phi) is 6.21. The van der Waals surface area contributed by atoms with Crippen molar-refractivity contribution in [1.82, 2.24) is 19.8 Å². The van der Waals surface area contributed by atoms with Gasteiger partial charge in [0, 0.05) is 20.1 Å². The third-order valence-corrected chi connectivity index (χ3v) is 5.86. The molecule has 7 heteroatoms. The van der Waals surface area contributed by atoms with Crippen molar-refractivity contribution >= 4 is 22.8 Å². The zero-order chi connectivity index (χ0) is 21.8. The fourth-order valence-corrected chi connectivity index (χ4v) is 4.15. The summed E-state index contributed by atoms with van der Waals surface area (Å²) in [5, 5.41) is 3.02. The van der Waals surface area contributed by atoms with Crippen LogP contribution in [0.3, 0.4) is 0 Å². The number of carbonyl (C=O) groups is 2. The molecule has 31 heavy (non-hydrogen) atoms. The number of carbonyl (C=O) groups excluding carboxylic acids is 2. The van der Waals surface area contributed by atoms with E-state index < -0.39 is 0 Å². The minimum Gasteiger partial charge on any atom is -0.484 e. The van der Waals surface area contributed by atoms with Gasteiger partial charge in [-0.25, -0.2) is 4.98 Å². The second-order valence-electron chi connectivity index (χ2n) is 8.03. The van der Waals surface area contributed by atoms with Crippen molar-refractivity contribution in [2.24, 2.45) is 13.0 Å². The van der Waals surface area contributed by atoms with E-state index in [4.69, 9.17) is 4.74 Å². The average Bonchev–Trinajstić information content (AvgIpc) is 3.13. The number of benzene rings is 2. The zero-order valence-corrected chi connectivity index (χ0v) is 18.0. The van der Waals surface area contributed by atoms with Gasteiger partial charge in [-0.2, -0.15) is 0 Å². The Morgan fingerprint density at radius 3 is 2.74 bits per heavy atom. The van der Waals surface area contributed by atoms with Gasteiger partial charge in [-0.3, -0.25) is 9.59 Å². The molecule has 1 N–H and O–H groups in total. The first-order valence-electron chi connectivity index (χ1n) is 10.7. The lowest BCUT2D eigenvalue weighted by molar-refractivity contribution is -0.137. The molecule has 1 saturated heterocycles. The number of nitrogens with zero attached hydrogens (tertiary/aromatic N) is 3. The van der Waals surface area contributed by atoms with Gasteiger partial charge < -0.3 is 19.5 Å². The van der Waals surface area contributed by atoms with Crippen LogP contribution in [0.5, 0.6) is 5.75 Å². The summed E-state index contributed by atoms with van der Waals surface area (Å²) in [5.41, 5.74) is 3.17. The molecule has 0 spiro atoms. The molecular formula is C24H28N4O3. The van der Waals surface area contributed by atoms with Gasteiger partial charge in [0.1, 0.15) is 11.6 Å². The fraction of sp³-hybridized carbons (Fsp3) is 0.375. The summed E-state index contributed by atoms with van der Waals surface area (Å²) in [7, 11) is 1.97. The summed E-state index contributed by atoms with van der Waals surface area (Å²) in [6.45, 7) is 3.49. The van der Waals surface area contributed by atoms with E-state index in [2.05, 4.69) is 23.3 Å². The lowest BCUT2D eigenvalue weighted by Gasteiger charge is -2.32. The maximum absolute atomic E-state index is 12.8. The molecule has 3 aromatic rings. The molecule has 2 aromatic carbocycles. The Bertz CT molecular complexity index is 1080. The number of hydrogen-bond donors (Lipinski definition) is 1. The molecule has 1 atom stereocenters. The van der Waals surface area contributed by atoms with Crippen molar-refractivity contribution in [2.45, 2.75) is 26.3 Å². The quantitative estimate of drug-likeness (QED) is 0.665. The molecule has 1 aliphatic rings. The minimum absolute atomic E-state index is 0.0163. The Hall–Kier alpha value is -3.35. The number of amides is 2. The number of piperidine rings is 1. The summed E-state index contributed by atoms with van der Waals surface area (Å²) < 4.78 is 7.60. The summed E-state index contributed by atoms with van der Waals surface area (Å²) in [5.74, 6) is 1.14. The standard InChI is InChI=1S/C24H28N4O3/c1-17-8-6-12-20-23(17)27(2)21(26-20)14-25-24(30)18-9-7-13-28(15-18)22(29)16-31-19-10-4-3-5-11-19/h3-6,8,10-12,18H,7,9,13-16H2,1-2H3,(H,25,30). The van der Waals surface area contributed by atoms with Crippen LogP contribution in [0.4, 0.5) is 0 Å². The molecule has 2 heterocycles. The molecular weight excluding hydrogens is 392 g/mol. The lowest BCUT2D eigenvalue weighted by atomic mass is 9.97. The molecule has 0 bridgehead atoms. The highest BCUT2D eigenvalue weighted by atomic mass is 16.5. The van der Waals surface area contributed by atoms with Crippen molar-refractivity contribution < 1.29 is 14.3 Å². The second kappa shape index (κ2) is 9.20. The molecule has 1 unspecified atom stereocenters. The first-order chi connectivity index (χ1) is 15.0. The van der Waals surface area contributed by atoms with Crippen LogP contribution >= 0.6 is 0 Å². The minimum atomic E-state index is -0.217. The molecule has 2 amide bonds. The van der Waals surface area contributed by atoms with E-state index in [1.54, 1.807) is 4.90 Å². The lowest BCUT2D eigenvalue weighted by Crippen LogP contribution is -2.46. The fourth-order valence-electron chi connectivity index (χ4n) is 4.15. The number of imidazole rings is 1. The number of nitrogens with one attached hydrogen (secondary N) is 1. The number of likely N-dealkylation sites (tertiary alicyclic amines) is 1. The number of rotatable bonds is 6. The molecule has 1 fully saturated rings. The number of ether oxygens (including phenoxy) is 1. The summed E-state index contributed by atoms with van der Waals surface area (Å²) in [4.78, 5) is 31.7. The van der Waals surface area contributed by atoms with E-state index >= 15 is 0 Å². The molecule has 4 rings (SSSR count). The first kappa shape index (κ1) is 20.9. The maximum Gasteiger partial charge on any atom is 0.260 e. The SMILES string of the molecule is Cc1cccc2nc(CNC(=O)C3CCCN(C(=O)COc4ccccc4)C3)n(C)c12. The van der Waals surface area contributed by atoms with E-state index in [0.29, 0.717) is 25.4 Å². The van der Waals surface area contributed by atoms with Gasteiger partial charge in [0.15, 0.2) is 6.61 Å². The average molecular weight is 421 g/mol. The van der Waals surface area contributed by atoms with Crippen molar-refractivity contribution in [2.75, 3.05) is 19.7 Å². The van der Waals surface area contributed by atoms with Gasteiger partial charge in [0.2, 0.25) is 5.91 Å². The van der Waals surface area contributed by atoms with Crippen LogP contribution in [0.1, 0.15) is 24.2 Å². The van der Waals surface area contributed by atoms with Crippen molar-refractivity contribution in [3.8, 4) is 5.75 Å². The predicted octanol–water partition coefficient (Wildman–Crippen LogP) is 2.82. The van der Waals surface area contributed by atoms with Crippen LogP contribution in [0.25, 0.3) is 11.0 Å². The molecule has 7 nitrogen and oxygen atoms in total. The molecule has 162 valence electrons. The highest BCUT2D eigenvalue weighted by Gasteiger charge is 2.28.